The molecule has 0 atom stereocenters. The summed E-state index contributed by atoms with van der Waals surface area (Å²) in [5.41, 5.74) is 5.10. The molecule has 0 aromatic carbocycles. The summed E-state index contributed by atoms with van der Waals surface area (Å²) in [6.45, 7) is 4.69. The molecule has 1 fully saturated rings. The van der Waals surface area contributed by atoms with E-state index in [2.05, 4.69) is 20.9 Å². The molecule has 0 radical (unpaired) electrons. The maximum atomic E-state index is 12.7. The van der Waals surface area contributed by atoms with Gasteiger partial charge >= 0.3 is 0 Å². The van der Waals surface area contributed by atoms with Crippen molar-refractivity contribution in [3.05, 3.63) is 16.7 Å². The highest BCUT2D eigenvalue weighted by atomic mass is 79.9. The molecule has 1 aliphatic heterocycles. The standard InChI is InChI=1S/C11H16BrN3O3S/c1-11(2)7-18-4-3-15(11)19(16,17)9-5-8(12)6-14-10(9)13/h5-6H,3-4,7H2,1-2H3,(H2,13,14). The molecular weight excluding hydrogens is 334 g/mol. The number of anilines is 1. The minimum absolute atomic E-state index is 0.00509. The van der Waals surface area contributed by atoms with Gasteiger partial charge in [-0.1, -0.05) is 0 Å². The first-order chi connectivity index (χ1) is 8.75. The van der Waals surface area contributed by atoms with E-state index in [1.807, 2.05) is 13.8 Å². The van der Waals surface area contributed by atoms with Crippen LogP contribution in [0.1, 0.15) is 13.8 Å². The summed E-state index contributed by atoms with van der Waals surface area (Å²) in [6.07, 6.45) is 1.47. The van der Waals surface area contributed by atoms with Crippen LogP contribution in [-0.4, -0.2) is 43.0 Å². The Morgan fingerprint density at radius 1 is 1.53 bits per heavy atom. The minimum atomic E-state index is -3.69. The normalized spacial score (nSPS) is 20.4. The molecule has 2 N–H and O–H groups in total. The molecule has 0 bridgehead atoms. The van der Waals surface area contributed by atoms with Gasteiger partial charge in [-0.05, 0) is 35.8 Å². The van der Waals surface area contributed by atoms with E-state index in [0.29, 0.717) is 24.2 Å². The van der Waals surface area contributed by atoms with Gasteiger partial charge < -0.3 is 10.5 Å². The van der Waals surface area contributed by atoms with Crippen LogP contribution in [0.15, 0.2) is 21.6 Å². The lowest BCUT2D eigenvalue weighted by molar-refractivity contribution is -0.00769. The summed E-state index contributed by atoms with van der Waals surface area (Å²) in [5, 5.41) is 0. The van der Waals surface area contributed by atoms with Gasteiger partial charge in [0.1, 0.15) is 10.7 Å². The van der Waals surface area contributed by atoms with Gasteiger partial charge in [0.05, 0.1) is 18.8 Å². The van der Waals surface area contributed by atoms with Crippen LogP contribution in [0, 0.1) is 0 Å². The second-order valence-corrected chi connectivity index (χ2v) is 7.73. The van der Waals surface area contributed by atoms with Gasteiger partial charge in [-0.25, -0.2) is 13.4 Å². The topological polar surface area (TPSA) is 85.5 Å². The fraction of sp³-hybridized carbons (Fsp3) is 0.545. The van der Waals surface area contributed by atoms with Crippen LogP contribution in [0.25, 0.3) is 0 Å². The van der Waals surface area contributed by atoms with Crippen molar-refractivity contribution in [2.75, 3.05) is 25.5 Å². The molecule has 2 rings (SSSR count). The molecule has 6 nitrogen and oxygen atoms in total. The van der Waals surface area contributed by atoms with E-state index in [0.717, 1.165) is 0 Å². The van der Waals surface area contributed by atoms with Crippen molar-refractivity contribution in [3.8, 4) is 0 Å². The zero-order chi connectivity index (χ0) is 14.3. The fourth-order valence-corrected chi connectivity index (χ4v) is 4.38. The van der Waals surface area contributed by atoms with Crippen LogP contribution in [-0.2, 0) is 14.8 Å². The Kier molecular flexibility index (Phi) is 3.87. The van der Waals surface area contributed by atoms with Crippen molar-refractivity contribution >= 4 is 31.8 Å². The molecule has 0 spiro atoms. The summed E-state index contributed by atoms with van der Waals surface area (Å²) in [7, 11) is -3.69. The highest BCUT2D eigenvalue weighted by molar-refractivity contribution is 9.10. The summed E-state index contributed by atoms with van der Waals surface area (Å²) in [4.78, 5) is 3.91. The number of nitrogens with zero attached hydrogens (tertiary/aromatic N) is 2. The number of hydrogen-bond acceptors (Lipinski definition) is 5. The minimum Gasteiger partial charge on any atom is -0.383 e. The smallest absolute Gasteiger partial charge is 0.247 e. The van der Waals surface area contributed by atoms with Crippen LogP contribution < -0.4 is 5.73 Å². The van der Waals surface area contributed by atoms with Crippen LogP contribution >= 0.6 is 15.9 Å². The maximum absolute atomic E-state index is 12.7. The average Bonchev–Trinajstić information content (AvgIpc) is 2.31. The molecule has 1 aromatic heterocycles. The summed E-state index contributed by atoms with van der Waals surface area (Å²) >= 11 is 3.22. The average molecular weight is 350 g/mol. The third-order valence-corrected chi connectivity index (χ3v) is 5.56. The number of rotatable bonds is 2. The molecule has 0 saturated carbocycles. The van der Waals surface area contributed by atoms with E-state index in [1.165, 1.54) is 16.6 Å². The first-order valence-corrected chi connectivity index (χ1v) is 8.00. The van der Waals surface area contributed by atoms with E-state index in [9.17, 15) is 8.42 Å². The lowest BCUT2D eigenvalue weighted by Gasteiger charge is -2.40. The zero-order valence-corrected chi connectivity index (χ0v) is 13.2. The van der Waals surface area contributed by atoms with Gasteiger partial charge in [0.15, 0.2) is 0 Å². The highest BCUT2D eigenvalue weighted by Gasteiger charge is 2.40. The Balaban J connectivity index is 2.50. The molecule has 0 unspecified atom stereocenters. The van der Waals surface area contributed by atoms with Crippen molar-refractivity contribution in [2.24, 2.45) is 0 Å². The Bertz CT molecular complexity index is 589. The fourth-order valence-electron chi connectivity index (χ4n) is 2.05. The number of morpholine rings is 1. The van der Waals surface area contributed by atoms with E-state index in [4.69, 9.17) is 10.5 Å². The number of sulfonamides is 1. The largest absolute Gasteiger partial charge is 0.383 e. The summed E-state index contributed by atoms with van der Waals surface area (Å²) in [5.74, 6) is 0.00509. The molecule has 0 amide bonds. The quantitative estimate of drug-likeness (QED) is 0.867. The zero-order valence-electron chi connectivity index (χ0n) is 10.8. The monoisotopic (exact) mass is 349 g/mol. The van der Waals surface area contributed by atoms with Crippen LogP contribution in [0.3, 0.4) is 0 Å². The van der Waals surface area contributed by atoms with E-state index < -0.39 is 15.6 Å². The SMILES string of the molecule is CC1(C)COCCN1S(=O)(=O)c1cc(Br)cnc1N. The van der Waals surface area contributed by atoms with Crippen molar-refractivity contribution < 1.29 is 13.2 Å². The van der Waals surface area contributed by atoms with Crippen molar-refractivity contribution in [1.82, 2.24) is 9.29 Å². The highest BCUT2D eigenvalue weighted by Crippen LogP contribution is 2.30. The number of aromatic nitrogens is 1. The Hall–Kier alpha value is -0.700. The van der Waals surface area contributed by atoms with Gasteiger partial charge in [-0.15, -0.1) is 0 Å². The molecule has 19 heavy (non-hydrogen) atoms. The Morgan fingerprint density at radius 3 is 2.84 bits per heavy atom. The van der Waals surface area contributed by atoms with Gasteiger partial charge in [0.25, 0.3) is 0 Å². The lowest BCUT2D eigenvalue weighted by atomic mass is 10.1. The number of ether oxygens (including phenoxy) is 1. The number of nitrogens with two attached hydrogens (primary N) is 1. The summed E-state index contributed by atoms with van der Waals surface area (Å²) in [6, 6.07) is 1.48. The first-order valence-electron chi connectivity index (χ1n) is 5.77. The number of halogens is 1. The van der Waals surface area contributed by atoms with Gasteiger partial charge in [0.2, 0.25) is 10.0 Å². The third-order valence-electron chi connectivity index (χ3n) is 2.99. The van der Waals surface area contributed by atoms with Crippen LogP contribution in [0.4, 0.5) is 5.82 Å². The molecule has 1 saturated heterocycles. The predicted molar refractivity (Wildman–Crippen MR) is 75.1 cm³/mol. The number of pyridine rings is 1. The first kappa shape index (κ1) is 14.7. The van der Waals surface area contributed by atoms with Crippen LogP contribution in [0.5, 0.6) is 0 Å². The second kappa shape index (κ2) is 5.01. The summed E-state index contributed by atoms with van der Waals surface area (Å²) < 4.78 is 32.7. The lowest BCUT2D eigenvalue weighted by Crippen LogP contribution is -2.55. The predicted octanol–water partition coefficient (Wildman–Crippen LogP) is 1.23. The van der Waals surface area contributed by atoms with E-state index >= 15 is 0 Å². The van der Waals surface area contributed by atoms with E-state index in [1.54, 1.807) is 0 Å². The van der Waals surface area contributed by atoms with Gasteiger partial charge in [-0.2, -0.15) is 4.31 Å². The molecule has 2 heterocycles. The number of hydrogen-bond donors (Lipinski definition) is 1. The maximum Gasteiger partial charge on any atom is 0.247 e. The van der Waals surface area contributed by atoms with Crippen molar-refractivity contribution in [3.63, 3.8) is 0 Å². The Morgan fingerprint density at radius 2 is 2.21 bits per heavy atom. The Labute approximate surface area is 121 Å². The molecule has 1 aromatic rings. The van der Waals surface area contributed by atoms with Crippen molar-refractivity contribution in [2.45, 2.75) is 24.3 Å². The number of nitrogen functional groups attached to an aromatic ring is 1. The third kappa shape index (κ3) is 2.76. The van der Waals surface area contributed by atoms with Crippen LogP contribution in [0.2, 0.25) is 0 Å². The molecular formula is C11H16BrN3O3S. The molecule has 106 valence electrons. The van der Waals surface area contributed by atoms with Gasteiger partial charge in [0, 0.05) is 17.2 Å². The van der Waals surface area contributed by atoms with Gasteiger partial charge in [-0.3, -0.25) is 0 Å². The molecule has 0 aliphatic carbocycles. The second-order valence-electron chi connectivity index (χ2n) is 4.98. The molecule has 1 aliphatic rings. The molecule has 8 heteroatoms. The van der Waals surface area contributed by atoms with E-state index in [-0.39, 0.29) is 10.7 Å². The van der Waals surface area contributed by atoms with Crippen molar-refractivity contribution in [1.29, 1.82) is 0 Å².